The lowest BCUT2D eigenvalue weighted by Gasteiger charge is -2.23. The van der Waals surface area contributed by atoms with Crippen molar-refractivity contribution >= 4 is 6.09 Å². The van der Waals surface area contributed by atoms with Crippen molar-refractivity contribution in [2.24, 2.45) is 5.92 Å². The largest absolute Gasteiger partial charge is 0.444 e. The molecule has 1 atom stereocenters. The molecule has 0 unspecified atom stereocenters. The third-order valence-corrected chi connectivity index (χ3v) is 2.88. The molecule has 0 aliphatic heterocycles. The number of amides is 1. The highest BCUT2D eigenvalue weighted by Crippen LogP contribution is 2.22. The fourth-order valence-electron chi connectivity index (χ4n) is 2.01. The predicted molar refractivity (Wildman–Crippen MR) is 83.4 cm³/mol. The van der Waals surface area contributed by atoms with Crippen molar-refractivity contribution in [3.8, 4) is 11.6 Å². The molecule has 126 valence electrons. The van der Waals surface area contributed by atoms with E-state index in [2.05, 4.69) is 39.5 Å². The number of nitrogens with one attached hydrogen (secondary N) is 2. The maximum Gasteiger partial charge on any atom is 0.408 e. The molecule has 0 saturated heterocycles. The molecule has 0 aromatic carbocycles. The second-order valence-electron chi connectivity index (χ2n) is 6.76. The Kier molecular flexibility index (Phi) is 5.02. The number of rotatable bonds is 5. The van der Waals surface area contributed by atoms with Gasteiger partial charge in [-0.05, 0) is 39.2 Å². The summed E-state index contributed by atoms with van der Waals surface area (Å²) >= 11 is 0. The lowest BCUT2D eigenvalue weighted by molar-refractivity contribution is 0.0494. The summed E-state index contributed by atoms with van der Waals surface area (Å²) in [7, 11) is 0. The van der Waals surface area contributed by atoms with E-state index in [0.717, 1.165) is 0 Å². The standard InChI is InChI=1S/C15H23N5O3/c1-9(2)8-11(17-14(21)22-15(3,4)5)12-18-13(23-20-12)10-6-7-16-19-10/h6-7,9,11H,8H2,1-5H3,(H,16,19)(H,17,21)/t11-/m1/s1. The van der Waals surface area contributed by atoms with E-state index in [1.807, 2.05) is 20.8 Å². The average molecular weight is 321 g/mol. The molecule has 0 bridgehead atoms. The summed E-state index contributed by atoms with van der Waals surface area (Å²) in [5.41, 5.74) is 0.0643. The van der Waals surface area contributed by atoms with Crippen LogP contribution in [0.25, 0.3) is 11.6 Å². The molecule has 2 aromatic rings. The van der Waals surface area contributed by atoms with Gasteiger partial charge in [0.15, 0.2) is 5.82 Å². The van der Waals surface area contributed by atoms with E-state index in [1.54, 1.807) is 12.3 Å². The molecule has 0 aliphatic rings. The molecule has 2 N–H and O–H groups in total. The van der Waals surface area contributed by atoms with Crippen LogP contribution in [0.5, 0.6) is 0 Å². The molecule has 2 aromatic heterocycles. The van der Waals surface area contributed by atoms with Crippen molar-refractivity contribution in [2.75, 3.05) is 0 Å². The Morgan fingerprint density at radius 1 is 1.43 bits per heavy atom. The predicted octanol–water partition coefficient (Wildman–Crippen LogP) is 3.07. The zero-order chi connectivity index (χ0) is 17.0. The van der Waals surface area contributed by atoms with Crippen LogP contribution in [-0.2, 0) is 4.74 Å². The van der Waals surface area contributed by atoms with Crippen molar-refractivity contribution in [1.29, 1.82) is 0 Å². The monoisotopic (exact) mass is 321 g/mol. The van der Waals surface area contributed by atoms with Gasteiger partial charge in [-0.2, -0.15) is 10.1 Å². The zero-order valence-electron chi connectivity index (χ0n) is 14.1. The number of aromatic amines is 1. The summed E-state index contributed by atoms with van der Waals surface area (Å²) in [4.78, 5) is 16.4. The number of carbonyl (C=O) groups is 1. The third kappa shape index (κ3) is 5.08. The van der Waals surface area contributed by atoms with Gasteiger partial charge in [-0.25, -0.2) is 4.79 Å². The van der Waals surface area contributed by atoms with Crippen molar-refractivity contribution < 1.29 is 14.1 Å². The van der Waals surface area contributed by atoms with Crippen LogP contribution in [-0.4, -0.2) is 32.0 Å². The van der Waals surface area contributed by atoms with Crippen molar-refractivity contribution in [3.05, 3.63) is 18.1 Å². The molecule has 0 fully saturated rings. The normalized spacial score (nSPS) is 13.1. The lowest BCUT2D eigenvalue weighted by Crippen LogP contribution is -2.35. The van der Waals surface area contributed by atoms with E-state index in [9.17, 15) is 4.79 Å². The van der Waals surface area contributed by atoms with Gasteiger partial charge in [-0.1, -0.05) is 19.0 Å². The number of H-pyrrole nitrogens is 1. The van der Waals surface area contributed by atoms with Crippen LogP contribution in [0.2, 0.25) is 0 Å². The molecule has 0 aliphatic carbocycles. The van der Waals surface area contributed by atoms with Gasteiger partial charge in [0.2, 0.25) is 0 Å². The highest BCUT2D eigenvalue weighted by atomic mass is 16.6. The molecule has 23 heavy (non-hydrogen) atoms. The highest BCUT2D eigenvalue weighted by molar-refractivity contribution is 5.68. The molecule has 2 heterocycles. The molecule has 0 spiro atoms. The SMILES string of the molecule is CC(C)C[C@@H](NC(=O)OC(C)(C)C)c1noc(-c2ccn[nH]2)n1. The smallest absolute Gasteiger partial charge is 0.408 e. The van der Waals surface area contributed by atoms with Gasteiger partial charge in [0.1, 0.15) is 11.3 Å². The van der Waals surface area contributed by atoms with Crippen LogP contribution in [0.15, 0.2) is 16.8 Å². The summed E-state index contributed by atoms with van der Waals surface area (Å²) in [5, 5.41) is 13.4. The Morgan fingerprint density at radius 2 is 2.17 bits per heavy atom. The highest BCUT2D eigenvalue weighted by Gasteiger charge is 2.25. The van der Waals surface area contributed by atoms with Crippen LogP contribution < -0.4 is 5.32 Å². The second kappa shape index (κ2) is 6.80. The van der Waals surface area contributed by atoms with Crippen LogP contribution in [0.3, 0.4) is 0 Å². The first-order chi connectivity index (χ1) is 10.7. The molecule has 1 amide bonds. The summed E-state index contributed by atoms with van der Waals surface area (Å²) in [6.45, 7) is 9.55. The summed E-state index contributed by atoms with van der Waals surface area (Å²) < 4.78 is 10.5. The summed E-state index contributed by atoms with van der Waals surface area (Å²) in [6.07, 6.45) is 1.77. The fourth-order valence-corrected chi connectivity index (χ4v) is 2.01. The minimum atomic E-state index is -0.565. The number of alkyl carbamates (subject to hydrolysis) is 1. The van der Waals surface area contributed by atoms with Gasteiger partial charge < -0.3 is 14.6 Å². The van der Waals surface area contributed by atoms with Gasteiger partial charge in [0, 0.05) is 6.20 Å². The van der Waals surface area contributed by atoms with E-state index in [4.69, 9.17) is 9.26 Å². The van der Waals surface area contributed by atoms with E-state index in [-0.39, 0.29) is 6.04 Å². The van der Waals surface area contributed by atoms with Gasteiger partial charge in [0.25, 0.3) is 5.89 Å². The van der Waals surface area contributed by atoms with E-state index >= 15 is 0 Å². The van der Waals surface area contributed by atoms with Crippen molar-refractivity contribution in [3.63, 3.8) is 0 Å². The molecule has 0 radical (unpaired) electrons. The number of carbonyl (C=O) groups excluding carboxylic acids is 1. The molecular formula is C15H23N5O3. The first-order valence-electron chi connectivity index (χ1n) is 7.57. The number of aromatic nitrogens is 4. The third-order valence-electron chi connectivity index (χ3n) is 2.88. The Labute approximate surface area is 135 Å². The van der Waals surface area contributed by atoms with Gasteiger partial charge in [0.05, 0.1) is 6.04 Å². The molecule has 2 rings (SSSR count). The average Bonchev–Trinajstić information content (AvgIpc) is 3.06. The number of nitrogens with zero attached hydrogens (tertiary/aromatic N) is 3. The maximum atomic E-state index is 12.0. The maximum absolute atomic E-state index is 12.0. The topological polar surface area (TPSA) is 106 Å². The minimum Gasteiger partial charge on any atom is -0.444 e. The number of ether oxygens (including phenoxy) is 1. The van der Waals surface area contributed by atoms with Gasteiger partial charge >= 0.3 is 6.09 Å². The first-order valence-corrected chi connectivity index (χ1v) is 7.57. The fraction of sp³-hybridized carbons (Fsp3) is 0.600. The van der Waals surface area contributed by atoms with Crippen LogP contribution >= 0.6 is 0 Å². The van der Waals surface area contributed by atoms with E-state index in [0.29, 0.717) is 29.7 Å². The van der Waals surface area contributed by atoms with Gasteiger partial charge in [-0.15, -0.1) is 0 Å². The van der Waals surface area contributed by atoms with Crippen LogP contribution in [0.4, 0.5) is 4.79 Å². The van der Waals surface area contributed by atoms with Gasteiger partial charge in [-0.3, -0.25) is 5.10 Å². The van der Waals surface area contributed by atoms with E-state index < -0.39 is 11.7 Å². The Bertz CT molecular complexity index is 628. The van der Waals surface area contributed by atoms with Crippen molar-refractivity contribution in [1.82, 2.24) is 25.7 Å². The Morgan fingerprint density at radius 3 is 2.74 bits per heavy atom. The second-order valence-corrected chi connectivity index (χ2v) is 6.76. The number of hydrogen-bond donors (Lipinski definition) is 2. The zero-order valence-corrected chi connectivity index (χ0v) is 14.1. The minimum absolute atomic E-state index is 0.331. The van der Waals surface area contributed by atoms with Crippen molar-refractivity contribution in [2.45, 2.75) is 52.7 Å². The molecule has 0 saturated carbocycles. The van der Waals surface area contributed by atoms with E-state index in [1.165, 1.54) is 0 Å². The quantitative estimate of drug-likeness (QED) is 0.876. The Hall–Kier alpha value is -2.38. The van der Waals surface area contributed by atoms with Crippen LogP contribution in [0, 0.1) is 5.92 Å². The summed E-state index contributed by atoms with van der Waals surface area (Å²) in [6, 6.07) is 1.35. The summed E-state index contributed by atoms with van der Waals surface area (Å²) in [5.74, 6) is 1.08. The molecule has 8 nitrogen and oxygen atoms in total. The molecule has 8 heteroatoms. The first kappa shape index (κ1) is 17.0. The Balaban J connectivity index is 2.13. The molecular weight excluding hydrogens is 298 g/mol. The number of hydrogen-bond acceptors (Lipinski definition) is 6. The lowest BCUT2D eigenvalue weighted by atomic mass is 10.0. The van der Waals surface area contributed by atoms with Crippen LogP contribution in [0.1, 0.15) is 52.9 Å².